The summed E-state index contributed by atoms with van der Waals surface area (Å²) < 4.78 is 59.4. The van der Waals surface area contributed by atoms with Gasteiger partial charge in [0.2, 0.25) is 20.0 Å². The number of sulfonamides is 2. The normalized spacial score (nSPS) is 16.7. The van der Waals surface area contributed by atoms with Crippen molar-refractivity contribution < 1.29 is 21.6 Å². The zero-order chi connectivity index (χ0) is 20.2. The maximum Gasteiger partial charge on any atom is 0.244 e. The van der Waals surface area contributed by atoms with Gasteiger partial charge in [0.05, 0.1) is 18.6 Å². The molecule has 7 nitrogen and oxygen atoms in total. The Morgan fingerprint density at radius 3 is 2.54 bits per heavy atom. The smallest absolute Gasteiger partial charge is 0.244 e. The first-order chi connectivity index (χ1) is 13.3. The van der Waals surface area contributed by atoms with Crippen LogP contribution in [0.2, 0.25) is 0 Å². The Kier molecular flexibility index (Phi) is 6.26. The predicted octanol–water partition coefficient (Wildman–Crippen LogP) is 2.15. The number of hydrogen-bond acceptors (Lipinski definition) is 5. The fraction of sp³-hybridized carbons (Fsp3) is 0.368. The summed E-state index contributed by atoms with van der Waals surface area (Å²) in [4.78, 5) is -0.0682. The van der Waals surface area contributed by atoms with Gasteiger partial charge in [-0.3, -0.25) is 4.31 Å². The predicted molar refractivity (Wildman–Crippen MR) is 109 cm³/mol. The number of methoxy groups -OCH3 is 1. The van der Waals surface area contributed by atoms with Gasteiger partial charge in [-0.25, -0.2) is 21.6 Å². The van der Waals surface area contributed by atoms with E-state index in [1.54, 1.807) is 6.07 Å². The highest BCUT2D eigenvalue weighted by Gasteiger charge is 2.28. The molecule has 2 aromatic rings. The summed E-state index contributed by atoms with van der Waals surface area (Å²) in [5, 5.41) is 0. The molecule has 0 aromatic heterocycles. The fourth-order valence-electron chi connectivity index (χ4n) is 3.16. The lowest BCUT2D eigenvalue weighted by molar-refractivity contribution is 0.402. The second-order valence-corrected chi connectivity index (χ2v) is 10.3. The van der Waals surface area contributed by atoms with E-state index in [-0.39, 0.29) is 22.9 Å². The Hall–Kier alpha value is -2.10. The number of benzene rings is 2. The second kappa shape index (κ2) is 8.50. The van der Waals surface area contributed by atoms with Gasteiger partial charge in [-0.15, -0.1) is 0 Å². The molecule has 152 valence electrons. The third kappa shape index (κ3) is 4.65. The van der Waals surface area contributed by atoms with E-state index in [1.807, 2.05) is 30.3 Å². The van der Waals surface area contributed by atoms with Gasteiger partial charge in [0.1, 0.15) is 10.6 Å². The summed E-state index contributed by atoms with van der Waals surface area (Å²) in [6.07, 6.45) is 1.90. The first-order valence-corrected chi connectivity index (χ1v) is 12.1. The molecule has 2 aromatic carbocycles. The van der Waals surface area contributed by atoms with Crippen LogP contribution in [0.5, 0.6) is 5.75 Å². The Morgan fingerprint density at radius 2 is 1.86 bits per heavy atom. The number of ether oxygens (including phenoxy) is 1. The summed E-state index contributed by atoms with van der Waals surface area (Å²) in [5.41, 5.74) is 1.36. The molecular weight excluding hydrogens is 400 g/mol. The third-order valence-corrected chi connectivity index (χ3v) is 7.97. The summed E-state index contributed by atoms with van der Waals surface area (Å²) in [6, 6.07) is 14.0. The molecule has 1 aliphatic rings. The van der Waals surface area contributed by atoms with Gasteiger partial charge in [0.15, 0.2) is 0 Å². The van der Waals surface area contributed by atoms with E-state index < -0.39 is 20.0 Å². The average Bonchev–Trinajstić information content (AvgIpc) is 2.68. The van der Waals surface area contributed by atoms with Crippen LogP contribution in [0.15, 0.2) is 53.4 Å². The van der Waals surface area contributed by atoms with E-state index in [9.17, 15) is 16.8 Å². The first-order valence-electron chi connectivity index (χ1n) is 9.05. The highest BCUT2D eigenvalue weighted by atomic mass is 32.2. The topological polar surface area (TPSA) is 92.8 Å². The summed E-state index contributed by atoms with van der Waals surface area (Å²) in [6.45, 7) is 0.567. The van der Waals surface area contributed by atoms with Crippen molar-refractivity contribution in [1.29, 1.82) is 0 Å². The van der Waals surface area contributed by atoms with Crippen molar-refractivity contribution in [2.75, 3.05) is 30.3 Å². The van der Waals surface area contributed by atoms with Gasteiger partial charge in [-0.2, -0.15) is 0 Å². The van der Waals surface area contributed by atoms with Crippen molar-refractivity contribution in [3.8, 4) is 5.75 Å². The molecule has 0 radical (unpaired) electrons. The van der Waals surface area contributed by atoms with Gasteiger partial charge in [-0.05, 0) is 43.0 Å². The molecule has 1 aliphatic heterocycles. The largest absolute Gasteiger partial charge is 0.495 e. The monoisotopic (exact) mass is 424 g/mol. The minimum atomic E-state index is -3.87. The second-order valence-electron chi connectivity index (χ2n) is 6.56. The average molecular weight is 425 g/mol. The van der Waals surface area contributed by atoms with Crippen molar-refractivity contribution in [3.63, 3.8) is 0 Å². The molecule has 1 saturated heterocycles. The van der Waals surface area contributed by atoms with Crippen LogP contribution in [0.3, 0.4) is 0 Å². The van der Waals surface area contributed by atoms with Crippen LogP contribution in [-0.4, -0.2) is 42.8 Å². The molecule has 28 heavy (non-hydrogen) atoms. The maximum atomic E-state index is 12.8. The molecule has 3 rings (SSSR count). The molecule has 1 fully saturated rings. The molecule has 0 aliphatic carbocycles. The van der Waals surface area contributed by atoms with Crippen LogP contribution in [0, 0.1) is 0 Å². The SMILES string of the molecule is COc1ccc(N2CCCCS2(=O)=O)cc1S(=O)(=O)NCCc1ccccc1. The lowest BCUT2D eigenvalue weighted by Gasteiger charge is -2.28. The maximum absolute atomic E-state index is 12.8. The van der Waals surface area contributed by atoms with E-state index >= 15 is 0 Å². The van der Waals surface area contributed by atoms with Crippen LogP contribution in [0.25, 0.3) is 0 Å². The summed E-state index contributed by atoms with van der Waals surface area (Å²) in [5.74, 6) is 0.238. The lowest BCUT2D eigenvalue weighted by atomic mass is 10.2. The van der Waals surface area contributed by atoms with Crippen LogP contribution in [0.4, 0.5) is 5.69 Å². The van der Waals surface area contributed by atoms with E-state index in [4.69, 9.17) is 4.74 Å². The lowest BCUT2D eigenvalue weighted by Crippen LogP contribution is -2.38. The van der Waals surface area contributed by atoms with E-state index in [0.717, 1.165) is 12.0 Å². The van der Waals surface area contributed by atoms with Crippen LogP contribution < -0.4 is 13.8 Å². The third-order valence-electron chi connectivity index (χ3n) is 4.62. The van der Waals surface area contributed by atoms with Crippen LogP contribution >= 0.6 is 0 Å². The first kappa shape index (κ1) is 20.6. The molecular formula is C19H24N2O5S2. The van der Waals surface area contributed by atoms with Crippen molar-refractivity contribution in [1.82, 2.24) is 4.72 Å². The van der Waals surface area contributed by atoms with Gasteiger partial charge >= 0.3 is 0 Å². The van der Waals surface area contributed by atoms with E-state index in [2.05, 4.69) is 4.72 Å². The standard InChI is InChI=1S/C19H24N2O5S2/c1-26-18-10-9-17(21-13-5-6-14-27(21,22)23)15-19(18)28(24,25)20-12-11-16-7-3-2-4-8-16/h2-4,7-10,15,20H,5-6,11-14H2,1H3. The van der Waals surface area contributed by atoms with Gasteiger partial charge in [0, 0.05) is 13.1 Å². The van der Waals surface area contributed by atoms with Gasteiger partial charge < -0.3 is 4.74 Å². The number of hydrogen-bond donors (Lipinski definition) is 1. The minimum Gasteiger partial charge on any atom is -0.495 e. The number of anilines is 1. The molecule has 0 atom stereocenters. The van der Waals surface area contributed by atoms with Crippen molar-refractivity contribution in [2.24, 2.45) is 0 Å². The van der Waals surface area contributed by atoms with Crippen molar-refractivity contribution >= 4 is 25.7 Å². The summed E-state index contributed by atoms with van der Waals surface area (Å²) >= 11 is 0. The van der Waals surface area contributed by atoms with Gasteiger partial charge in [0.25, 0.3) is 0 Å². The number of nitrogens with one attached hydrogen (secondary N) is 1. The molecule has 0 spiro atoms. The molecule has 1 heterocycles. The van der Waals surface area contributed by atoms with E-state index in [0.29, 0.717) is 25.1 Å². The molecule has 0 saturated carbocycles. The zero-order valence-electron chi connectivity index (χ0n) is 15.7. The van der Waals surface area contributed by atoms with E-state index in [1.165, 1.54) is 23.5 Å². The molecule has 9 heteroatoms. The molecule has 1 N–H and O–H groups in total. The number of nitrogens with zero attached hydrogens (tertiary/aromatic N) is 1. The Bertz CT molecular complexity index is 1020. The Balaban J connectivity index is 1.84. The van der Waals surface area contributed by atoms with Crippen molar-refractivity contribution in [3.05, 3.63) is 54.1 Å². The quantitative estimate of drug-likeness (QED) is 0.735. The van der Waals surface area contributed by atoms with Crippen molar-refractivity contribution in [2.45, 2.75) is 24.2 Å². The molecule has 0 bridgehead atoms. The Labute approximate surface area is 166 Å². The zero-order valence-corrected chi connectivity index (χ0v) is 17.3. The fourth-order valence-corrected chi connectivity index (χ4v) is 6.01. The summed E-state index contributed by atoms with van der Waals surface area (Å²) in [7, 11) is -5.92. The minimum absolute atomic E-state index is 0.0659. The highest BCUT2D eigenvalue weighted by molar-refractivity contribution is 7.92. The highest BCUT2D eigenvalue weighted by Crippen LogP contribution is 2.31. The van der Waals surface area contributed by atoms with Crippen LogP contribution in [-0.2, 0) is 26.5 Å². The number of rotatable bonds is 7. The molecule has 0 unspecified atom stereocenters. The Morgan fingerprint density at radius 1 is 1.11 bits per heavy atom. The molecule has 0 amide bonds. The van der Waals surface area contributed by atoms with Gasteiger partial charge in [-0.1, -0.05) is 30.3 Å². The van der Waals surface area contributed by atoms with Crippen LogP contribution in [0.1, 0.15) is 18.4 Å².